The maximum Gasteiger partial charge on any atom is 0.309 e. The molecule has 3 fully saturated rings. The highest BCUT2D eigenvalue weighted by Gasteiger charge is 2.70. The first kappa shape index (κ1) is 25.4. The van der Waals surface area contributed by atoms with E-state index in [0.29, 0.717) is 19.3 Å². The highest BCUT2D eigenvalue weighted by Crippen LogP contribution is 2.74. The minimum Gasteiger partial charge on any atom is -0.481 e. The number of allylic oxidation sites excluding steroid dienone is 4. The molecule has 3 saturated carbocycles. The molecule has 0 saturated heterocycles. The molecule has 0 radical (unpaired) electrons. The summed E-state index contributed by atoms with van der Waals surface area (Å²) >= 11 is 0. The summed E-state index contributed by atoms with van der Waals surface area (Å²) in [6.07, 6.45) is 8.98. The summed E-state index contributed by atoms with van der Waals surface area (Å²) in [5.74, 6) is -1.27. The van der Waals surface area contributed by atoms with E-state index in [-0.39, 0.29) is 51.1 Å². The molecule has 5 aliphatic rings. The Hall–Kier alpha value is -2.22. The van der Waals surface area contributed by atoms with Gasteiger partial charge in [-0.2, -0.15) is 5.26 Å². The van der Waals surface area contributed by atoms with Crippen molar-refractivity contribution in [2.75, 3.05) is 0 Å². The van der Waals surface area contributed by atoms with E-state index in [1.54, 1.807) is 0 Å². The summed E-state index contributed by atoms with van der Waals surface area (Å²) in [7, 11) is 0. The van der Waals surface area contributed by atoms with Crippen LogP contribution in [0.5, 0.6) is 0 Å². The van der Waals surface area contributed by atoms with Crippen molar-refractivity contribution in [3.63, 3.8) is 0 Å². The molecular formula is C31H41NO4. The Morgan fingerprint density at radius 2 is 1.64 bits per heavy atom. The first-order chi connectivity index (χ1) is 16.5. The van der Waals surface area contributed by atoms with Crippen molar-refractivity contribution in [3.05, 3.63) is 23.3 Å². The molecule has 5 aliphatic carbocycles. The van der Waals surface area contributed by atoms with Crippen LogP contribution in [0.3, 0.4) is 0 Å². The molecule has 3 unspecified atom stereocenters. The molecule has 0 aromatic heterocycles. The van der Waals surface area contributed by atoms with Crippen LogP contribution in [0, 0.1) is 61.6 Å². The van der Waals surface area contributed by atoms with Gasteiger partial charge in [0.05, 0.1) is 11.0 Å². The standard InChI is InChI=1S/C31H41NO4/c1-26(2)10-12-31(25(35)36)13-11-30(7)23(19(31)16-26)20(33)14-22-28(5)15-18(17-32)24(34)27(3,4)21(28)8-9-29(22,30)6/h14-15,19,21,23H,8-13,16H2,1-7H3,(H,35,36)/t19-,21-,23?,28?,29?,30+,31-/m0/s1. The Kier molecular flexibility index (Phi) is 5.09. The number of fused-ring (bicyclic) bond motifs is 7. The average molecular weight is 492 g/mol. The monoisotopic (exact) mass is 491 g/mol. The summed E-state index contributed by atoms with van der Waals surface area (Å²) < 4.78 is 0. The lowest BCUT2D eigenvalue weighted by Gasteiger charge is -2.68. The van der Waals surface area contributed by atoms with Crippen LogP contribution in [0.2, 0.25) is 0 Å². The molecule has 5 rings (SSSR count). The molecule has 36 heavy (non-hydrogen) atoms. The van der Waals surface area contributed by atoms with Crippen LogP contribution in [0.15, 0.2) is 23.3 Å². The van der Waals surface area contributed by atoms with Gasteiger partial charge in [-0.25, -0.2) is 0 Å². The Balaban J connectivity index is 1.71. The first-order valence-corrected chi connectivity index (χ1v) is 13.7. The van der Waals surface area contributed by atoms with Crippen molar-refractivity contribution in [2.45, 2.75) is 93.4 Å². The highest BCUT2D eigenvalue weighted by atomic mass is 16.4. The third-order valence-corrected chi connectivity index (χ3v) is 12.3. The predicted octanol–water partition coefficient (Wildman–Crippen LogP) is 6.29. The third kappa shape index (κ3) is 2.85. The molecular weight excluding hydrogens is 450 g/mol. The Morgan fingerprint density at radius 1 is 1.00 bits per heavy atom. The Labute approximate surface area is 215 Å². The number of carbonyl (C=O) groups excluding carboxylic acids is 2. The van der Waals surface area contributed by atoms with Crippen LogP contribution in [0.1, 0.15) is 93.4 Å². The fraction of sp³-hybridized carbons (Fsp3) is 0.742. The zero-order valence-electron chi connectivity index (χ0n) is 23.0. The van der Waals surface area contributed by atoms with Crippen LogP contribution in [-0.4, -0.2) is 22.6 Å². The van der Waals surface area contributed by atoms with E-state index in [1.807, 2.05) is 26.0 Å². The van der Waals surface area contributed by atoms with Gasteiger partial charge in [-0.15, -0.1) is 0 Å². The van der Waals surface area contributed by atoms with Crippen molar-refractivity contribution < 1.29 is 19.5 Å². The maximum absolute atomic E-state index is 14.2. The lowest BCUT2D eigenvalue weighted by Crippen LogP contribution is -2.65. The second-order valence-corrected chi connectivity index (χ2v) is 14.7. The molecule has 0 aromatic rings. The van der Waals surface area contributed by atoms with Gasteiger partial charge in [0.2, 0.25) is 0 Å². The van der Waals surface area contributed by atoms with Crippen LogP contribution >= 0.6 is 0 Å². The number of carboxylic acid groups (broad SMARTS) is 1. The lowest BCUT2D eigenvalue weighted by atomic mass is 9.34. The smallest absolute Gasteiger partial charge is 0.309 e. The van der Waals surface area contributed by atoms with E-state index < -0.39 is 22.2 Å². The molecule has 0 aromatic carbocycles. The van der Waals surface area contributed by atoms with Crippen LogP contribution in [0.25, 0.3) is 0 Å². The zero-order chi connectivity index (χ0) is 26.7. The van der Waals surface area contributed by atoms with Gasteiger partial charge in [0.1, 0.15) is 6.07 Å². The number of hydrogen-bond donors (Lipinski definition) is 1. The molecule has 0 amide bonds. The minimum atomic E-state index is -0.828. The number of ketones is 2. The van der Waals surface area contributed by atoms with E-state index in [9.17, 15) is 24.8 Å². The second kappa shape index (κ2) is 7.21. The topological polar surface area (TPSA) is 95.2 Å². The van der Waals surface area contributed by atoms with Crippen molar-refractivity contribution in [2.24, 2.45) is 50.2 Å². The van der Waals surface area contributed by atoms with E-state index in [2.05, 4.69) is 40.7 Å². The van der Waals surface area contributed by atoms with Gasteiger partial charge < -0.3 is 5.11 Å². The summed E-state index contributed by atoms with van der Waals surface area (Å²) in [4.78, 5) is 40.2. The highest BCUT2D eigenvalue weighted by molar-refractivity contribution is 6.04. The fourth-order valence-corrected chi connectivity index (χ4v) is 10.0. The van der Waals surface area contributed by atoms with E-state index in [4.69, 9.17) is 0 Å². The second-order valence-electron chi connectivity index (χ2n) is 14.7. The zero-order valence-corrected chi connectivity index (χ0v) is 23.0. The molecule has 5 heteroatoms. The van der Waals surface area contributed by atoms with Gasteiger partial charge in [-0.1, -0.05) is 60.1 Å². The molecule has 1 N–H and O–H groups in total. The van der Waals surface area contributed by atoms with Gasteiger partial charge in [-0.05, 0) is 79.1 Å². The van der Waals surface area contributed by atoms with Crippen LogP contribution < -0.4 is 0 Å². The van der Waals surface area contributed by atoms with Crippen molar-refractivity contribution in [1.29, 1.82) is 5.26 Å². The number of hydrogen-bond acceptors (Lipinski definition) is 4. The number of carboxylic acids is 1. The molecule has 0 heterocycles. The molecule has 194 valence electrons. The van der Waals surface area contributed by atoms with Gasteiger partial charge in [0, 0.05) is 16.7 Å². The van der Waals surface area contributed by atoms with Crippen molar-refractivity contribution in [3.8, 4) is 6.07 Å². The average Bonchev–Trinajstić information content (AvgIpc) is 2.77. The van der Waals surface area contributed by atoms with E-state index >= 15 is 0 Å². The van der Waals surface area contributed by atoms with Gasteiger partial charge >= 0.3 is 5.97 Å². The minimum absolute atomic E-state index is 0.00880. The number of carbonyl (C=O) groups is 3. The molecule has 5 nitrogen and oxygen atoms in total. The summed E-state index contributed by atoms with van der Waals surface area (Å²) in [6.45, 7) is 15.0. The normalized spacial score (nSPS) is 46.7. The summed E-state index contributed by atoms with van der Waals surface area (Å²) in [5, 5.41) is 20.3. The number of Topliss-reactive ketones (excluding diaryl/α,β-unsaturated/α-hetero) is 1. The molecule has 0 bridgehead atoms. The lowest BCUT2D eigenvalue weighted by molar-refractivity contribution is -0.188. The summed E-state index contributed by atoms with van der Waals surface area (Å²) in [6, 6.07) is 2.15. The van der Waals surface area contributed by atoms with Gasteiger partial charge in [0.15, 0.2) is 11.6 Å². The predicted molar refractivity (Wildman–Crippen MR) is 137 cm³/mol. The Bertz CT molecular complexity index is 1180. The number of aliphatic carboxylic acids is 1. The van der Waals surface area contributed by atoms with Crippen molar-refractivity contribution in [1.82, 2.24) is 0 Å². The maximum atomic E-state index is 14.2. The quantitative estimate of drug-likeness (QED) is 0.465. The largest absolute Gasteiger partial charge is 0.481 e. The van der Waals surface area contributed by atoms with Crippen molar-refractivity contribution >= 4 is 17.5 Å². The summed E-state index contributed by atoms with van der Waals surface area (Å²) in [5.41, 5.74) is -1.49. The number of rotatable bonds is 1. The van der Waals surface area contributed by atoms with E-state index in [1.165, 1.54) is 0 Å². The van der Waals surface area contributed by atoms with Gasteiger partial charge in [-0.3, -0.25) is 14.4 Å². The number of nitrogens with zero attached hydrogens (tertiary/aromatic N) is 1. The fourth-order valence-electron chi connectivity index (χ4n) is 10.0. The number of nitriles is 1. The van der Waals surface area contributed by atoms with Crippen LogP contribution in [0.4, 0.5) is 0 Å². The molecule has 7 atom stereocenters. The Morgan fingerprint density at radius 3 is 2.25 bits per heavy atom. The SMILES string of the molecule is CC1(C)CC[C@]2(C(=O)O)CC[C@]3(C)C(C(=O)C=C4C5(C)C=C(C#N)C(=O)C(C)(C)[C@@H]5CCC43C)[C@@H]2C1. The first-order valence-electron chi connectivity index (χ1n) is 13.7. The molecule has 0 aliphatic heterocycles. The van der Waals surface area contributed by atoms with Crippen LogP contribution in [-0.2, 0) is 14.4 Å². The van der Waals surface area contributed by atoms with Gasteiger partial charge in [0.25, 0.3) is 0 Å². The third-order valence-electron chi connectivity index (χ3n) is 12.3. The van der Waals surface area contributed by atoms with E-state index in [0.717, 1.165) is 31.3 Å². The molecule has 0 spiro atoms.